The molecule has 1 aliphatic heterocycles. The van der Waals surface area contributed by atoms with Crippen molar-refractivity contribution in [1.29, 1.82) is 0 Å². The summed E-state index contributed by atoms with van der Waals surface area (Å²) in [5.41, 5.74) is 8.37. The fourth-order valence-electron chi connectivity index (χ4n) is 4.46. The van der Waals surface area contributed by atoms with Gasteiger partial charge in [0.15, 0.2) is 5.75 Å². The van der Waals surface area contributed by atoms with Crippen molar-refractivity contribution in [1.82, 2.24) is 15.3 Å². The van der Waals surface area contributed by atoms with Crippen LogP contribution >= 0.6 is 0 Å². The topological polar surface area (TPSA) is 152 Å². The van der Waals surface area contributed by atoms with E-state index in [0.29, 0.717) is 40.8 Å². The van der Waals surface area contributed by atoms with Crippen molar-refractivity contribution in [3.8, 4) is 5.75 Å². The molecule has 190 valence electrons. The molecule has 0 spiro atoms. The lowest BCUT2D eigenvalue weighted by atomic mass is 10.1. The zero-order chi connectivity index (χ0) is 26.1. The number of nitrogens with one attached hydrogen (secondary N) is 5. The van der Waals surface area contributed by atoms with E-state index in [1.54, 1.807) is 37.4 Å². The smallest absolute Gasteiger partial charge is 0.351 e. The second kappa shape index (κ2) is 9.74. The first kappa shape index (κ1) is 24.0. The molecule has 12 heteroatoms. The van der Waals surface area contributed by atoms with Gasteiger partial charge in [-0.3, -0.25) is 19.9 Å². The molecule has 0 saturated heterocycles. The summed E-state index contributed by atoms with van der Waals surface area (Å²) < 4.78 is 19.9. The van der Waals surface area contributed by atoms with E-state index in [2.05, 4.69) is 30.9 Å². The van der Waals surface area contributed by atoms with E-state index in [4.69, 9.17) is 10.5 Å². The number of hydrogen-bond acceptors (Lipinski definition) is 7. The van der Waals surface area contributed by atoms with Crippen molar-refractivity contribution in [2.75, 3.05) is 42.8 Å². The largest absolute Gasteiger partial charge is 0.493 e. The molecule has 5 rings (SSSR count). The molecule has 0 unspecified atom stereocenters. The van der Waals surface area contributed by atoms with Gasteiger partial charge in [-0.1, -0.05) is 11.1 Å². The minimum atomic E-state index is -0.896. The highest BCUT2D eigenvalue weighted by atomic mass is 19.1. The lowest BCUT2D eigenvalue weighted by molar-refractivity contribution is -0.333. The van der Waals surface area contributed by atoms with Crippen LogP contribution in [0.2, 0.25) is 0 Å². The maximum Gasteiger partial charge on any atom is 0.351 e. The number of methoxy groups -OCH3 is 1. The van der Waals surface area contributed by atoms with Crippen LogP contribution in [0.4, 0.5) is 33.2 Å². The van der Waals surface area contributed by atoms with E-state index in [0.717, 1.165) is 17.7 Å². The molecule has 0 fully saturated rings. The van der Waals surface area contributed by atoms with Gasteiger partial charge >= 0.3 is 5.95 Å². The van der Waals surface area contributed by atoms with E-state index < -0.39 is 11.7 Å². The van der Waals surface area contributed by atoms with Crippen molar-refractivity contribution in [2.24, 2.45) is 5.73 Å². The number of nitrogens with two attached hydrogens (primary N) is 1. The molecular weight excluding hydrogens is 479 g/mol. The van der Waals surface area contributed by atoms with Gasteiger partial charge in [-0.2, -0.15) is 0 Å². The van der Waals surface area contributed by atoms with Gasteiger partial charge in [-0.05, 0) is 43.3 Å². The number of fused-ring (bicyclic) bond motifs is 2. The minimum Gasteiger partial charge on any atom is -0.493 e. The summed E-state index contributed by atoms with van der Waals surface area (Å²) in [6.07, 6.45) is 2.45. The molecule has 0 aliphatic carbocycles. The SMILES string of the molecule is CNCC(=O)N1CCc2cc(OC)c(Nc3nc(Nc4cccc(F)c4C(N)=O)c4cc[nH]c4[nH+]3)cc21. The van der Waals surface area contributed by atoms with E-state index in [-0.39, 0.29) is 23.7 Å². The number of ether oxygens (including phenoxy) is 1. The summed E-state index contributed by atoms with van der Waals surface area (Å²) >= 11 is 0. The lowest BCUT2D eigenvalue weighted by Crippen LogP contribution is -2.35. The first-order valence-corrected chi connectivity index (χ1v) is 11.6. The van der Waals surface area contributed by atoms with Gasteiger partial charge in [0.2, 0.25) is 17.4 Å². The molecule has 0 bridgehead atoms. The number of nitrogens with zero attached hydrogens (tertiary/aromatic N) is 2. The third-order valence-electron chi connectivity index (χ3n) is 6.16. The zero-order valence-corrected chi connectivity index (χ0v) is 20.2. The molecule has 2 aromatic heterocycles. The van der Waals surface area contributed by atoms with Crippen LogP contribution in [0.1, 0.15) is 15.9 Å². The summed E-state index contributed by atoms with van der Waals surface area (Å²) in [7, 11) is 3.30. The van der Waals surface area contributed by atoms with Gasteiger partial charge in [0, 0.05) is 18.8 Å². The third-order valence-corrected chi connectivity index (χ3v) is 6.16. The molecule has 0 atom stereocenters. The van der Waals surface area contributed by atoms with Gasteiger partial charge in [0.25, 0.3) is 5.91 Å². The molecule has 37 heavy (non-hydrogen) atoms. The van der Waals surface area contributed by atoms with Crippen LogP contribution in [0.5, 0.6) is 5.75 Å². The molecule has 11 nitrogen and oxygen atoms in total. The molecular formula is C25H26FN8O3+. The number of aromatic nitrogens is 3. The van der Waals surface area contributed by atoms with E-state index in [9.17, 15) is 14.0 Å². The fourth-order valence-corrected chi connectivity index (χ4v) is 4.46. The van der Waals surface area contributed by atoms with Crippen LogP contribution in [-0.4, -0.2) is 49.0 Å². The standard InChI is InChI=1S/C25H25FN8O3/c1-28-12-20(35)34-9-7-13-10-19(37-2)17(11-18(13)34)31-25-32-23-14(6-8-29-23)24(33-25)30-16-5-3-4-15(26)21(16)22(27)36/h3-6,8,10-11,28H,7,9,12H2,1-2H3,(H2,27,36)(H3,29,30,31,32,33)/p+1. The Morgan fingerprint density at radius 2 is 2.08 bits per heavy atom. The number of hydrogen-bond donors (Lipinski definition) is 5. The van der Waals surface area contributed by atoms with E-state index >= 15 is 0 Å². The molecule has 2 amide bonds. The van der Waals surface area contributed by atoms with Crippen molar-refractivity contribution in [3.05, 3.63) is 59.5 Å². The maximum absolute atomic E-state index is 14.3. The average Bonchev–Trinajstić information content (AvgIpc) is 3.50. The third kappa shape index (κ3) is 4.49. The Bertz CT molecular complexity index is 1520. The first-order chi connectivity index (χ1) is 17.9. The number of primary amides is 1. The van der Waals surface area contributed by atoms with Crippen LogP contribution in [0.25, 0.3) is 11.0 Å². The monoisotopic (exact) mass is 505 g/mol. The fraction of sp³-hybridized carbons (Fsp3) is 0.200. The molecule has 2 aromatic carbocycles. The maximum atomic E-state index is 14.3. The van der Waals surface area contributed by atoms with Crippen LogP contribution in [0.15, 0.2) is 42.6 Å². The first-order valence-electron chi connectivity index (χ1n) is 11.6. The molecule has 7 N–H and O–H groups in total. The highest BCUT2D eigenvalue weighted by Gasteiger charge is 2.27. The normalized spacial score (nSPS) is 12.5. The highest BCUT2D eigenvalue weighted by Crippen LogP contribution is 2.38. The van der Waals surface area contributed by atoms with Crippen LogP contribution in [0.3, 0.4) is 0 Å². The number of H-pyrrole nitrogens is 2. The number of carbonyl (C=O) groups is 2. The number of benzene rings is 2. The number of carbonyl (C=O) groups excluding carboxylic acids is 2. The van der Waals surface area contributed by atoms with Crippen molar-refractivity contribution in [2.45, 2.75) is 6.42 Å². The quantitative estimate of drug-likeness (QED) is 0.246. The van der Waals surface area contributed by atoms with Crippen LogP contribution in [0, 0.1) is 5.82 Å². The predicted molar refractivity (Wildman–Crippen MR) is 137 cm³/mol. The van der Waals surface area contributed by atoms with Gasteiger partial charge in [-0.25, -0.2) is 9.37 Å². The van der Waals surface area contributed by atoms with Gasteiger partial charge in [-0.15, -0.1) is 0 Å². The number of anilines is 5. The van der Waals surface area contributed by atoms with Crippen molar-refractivity contribution in [3.63, 3.8) is 0 Å². The second-order valence-corrected chi connectivity index (χ2v) is 8.48. The number of rotatable bonds is 8. The Hall–Kier alpha value is -4.71. The predicted octanol–water partition coefficient (Wildman–Crippen LogP) is 2.22. The summed E-state index contributed by atoms with van der Waals surface area (Å²) in [4.78, 5) is 37.1. The Morgan fingerprint density at radius 1 is 1.24 bits per heavy atom. The van der Waals surface area contributed by atoms with E-state index in [1.165, 1.54) is 12.1 Å². The Morgan fingerprint density at radius 3 is 2.84 bits per heavy atom. The van der Waals surface area contributed by atoms with Crippen molar-refractivity contribution >= 4 is 51.7 Å². The summed E-state index contributed by atoms with van der Waals surface area (Å²) in [5.74, 6) is -0.382. The lowest BCUT2D eigenvalue weighted by Gasteiger charge is -2.18. The average molecular weight is 506 g/mol. The molecule has 4 aromatic rings. The summed E-state index contributed by atoms with van der Waals surface area (Å²) in [6, 6.07) is 9.74. The second-order valence-electron chi connectivity index (χ2n) is 8.48. The van der Waals surface area contributed by atoms with Gasteiger partial charge in [0.1, 0.15) is 11.5 Å². The molecule has 3 heterocycles. The number of halogens is 1. The van der Waals surface area contributed by atoms with Crippen LogP contribution in [-0.2, 0) is 11.2 Å². The summed E-state index contributed by atoms with van der Waals surface area (Å²) in [5, 5.41) is 9.84. The Balaban J connectivity index is 1.53. The molecule has 0 radical (unpaired) electrons. The zero-order valence-electron chi connectivity index (χ0n) is 20.2. The summed E-state index contributed by atoms with van der Waals surface area (Å²) in [6.45, 7) is 0.820. The van der Waals surface area contributed by atoms with Gasteiger partial charge in [0.05, 0.1) is 36.0 Å². The number of likely N-dealkylation sites (N-methyl/N-ethyl adjacent to an activating group) is 1. The van der Waals surface area contributed by atoms with Crippen LogP contribution < -0.4 is 36.3 Å². The minimum absolute atomic E-state index is 0.0262. The number of aromatic amines is 2. The molecule has 1 aliphatic rings. The Kier molecular flexibility index (Phi) is 6.32. The molecule has 0 saturated carbocycles. The Labute approximate surface area is 211 Å². The highest BCUT2D eigenvalue weighted by molar-refractivity contribution is 6.01. The number of amides is 2. The van der Waals surface area contributed by atoms with Crippen molar-refractivity contribution < 1.29 is 23.7 Å². The van der Waals surface area contributed by atoms with E-state index in [1.807, 2.05) is 12.1 Å². The van der Waals surface area contributed by atoms with Gasteiger partial charge < -0.3 is 26.0 Å².